The number of hydrogen-bond donors (Lipinski definition) is 1. The van der Waals surface area contributed by atoms with Crippen molar-refractivity contribution in [3.05, 3.63) is 11.4 Å². The molecule has 4 heteroatoms. The highest BCUT2D eigenvalue weighted by Gasteiger charge is 2.20. The molecule has 2 N–H and O–H groups in total. The molecule has 1 aromatic heterocycles. The molecule has 0 saturated heterocycles. The molecule has 0 aromatic carbocycles. The van der Waals surface area contributed by atoms with Gasteiger partial charge in [0, 0.05) is 5.41 Å². The van der Waals surface area contributed by atoms with Crippen molar-refractivity contribution in [2.75, 3.05) is 12.3 Å². The first-order valence-corrected chi connectivity index (χ1v) is 5.13. The van der Waals surface area contributed by atoms with Crippen LogP contribution in [-0.2, 0) is 5.41 Å². The molecule has 0 aliphatic heterocycles. The predicted octanol–water partition coefficient (Wildman–Crippen LogP) is 2.06. The molecule has 0 fully saturated rings. The first-order chi connectivity index (χ1) is 6.86. The summed E-state index contributed by atoms with van der Waals surface area (Å²) in [5.74, 6) is 1.81. The number of aromatic nitrogens is 2. The van der Waals surface area contributed by atoms with Crippen molar-refractivity contribution in [3.8, 4) is 5.88 Å². The number of nitrogen functional groups attached to an aromatic ring is 1. The smallest absolute Gasteiger partial charge is 0.221 e. The van der Waals surface area contributed by atoms with Gasteiger partial charge in [0.2, 0.25) is 5.88 Å². The van der Waals surface area contributed by atoms with Crippen molar-refractivity contribution in [2.24, 2.45) is 0 Å². The zero-order valence-corrected chi connectivity index (χ0v) is 10.1. The lowest BCUT2D eigenvalue weighted by Crippen LogP contribution is -2.18. The van der Waals surface area contributed by atoms with Crippen molar-refractivity contribution >= 4 is 5.82 Å². The van der Waals surface area contributed by atoms with Crippen LogP contribution in [0.1, 0.15) is 39.1 Å². The molecule has 0 saturated carbocycles. The van der Waals surface area contributed by atoms with Gasteiger partial charge >= 0.3 is 0 Å². The van der Waals surface area contributed by atoms with Crippen LogP contribution in [0.2, 0.25) is 0 Å². The number of hydrogen-bond acceptors (Lipinski definition) is 4. The van der Waals surface area contributed by atoms with E-state index in [9.17, 15) is 0 Å². The lowest BCUT2D eigenvalue weighted by atomic mass is 9.95. The highest BCUT2D eigenvalue weighted by molar-refractivity contribution is 5.45. The molecule has 4 nitrogen and oxygen atoms in total. The Morgan fingerprint density at radius 3 is 2.33 bits per heavy atom. The van der Waals surface area contributed by atoms with Crippen LogP contribution in [0, 0.1) is 6.92 Å². The van der Waals surface area contributed by atoms with Crippen LogP contribution >= 0.6 is 0 Å². The normalized spacial score (nSPS) is 11.5. The maximum absolute atomic E-state index is 5.82. The van der Waals surface area contributed by atoms with E-state index in [-0.39, 0.29) is 5.41 Å². The van der Waals surface area contributed by atoms with Crippen LogP contribution in [-0.4, -0.2) is 16.6 Å². The van der Waals surface area contributed by atoms with E-state index in [2.05, 4.69) is 9.97 Å². The van der Waals surface area contributed by atoms with Gasteiger partial charge < -0.3 is 10.5 Å². The summed E-state index contributed by atoms with van der Waals surface area (Å²) < 4.78 is 5.42. The minimum atomic E-state index is -0.117. The SMILES string of the molecule is CCOc1nc(C(C)(C)C)nc(N)c1C. The Hall–Kier alpha value is -1.32. The van der Waals surface area contributed by atoms with Gasteiger partial charge in [-0.2, -0.15) is 4.98 Å². The fraction of sp³-hybridized carbons (Fsp3) is 0.636. The first kappa shape index (κ1) is 11.8. The minimum Gasteiger partial charge on any atom is -0.478 e. The molecule has 0 spiro atoms. The van der Waals surface area contributed by atoms with Crippen LogP contribution < -0.4 is 10.5 Å². The molecule has 1 aromatic rings. The van der Waals surface area contributed by atoms with E-state index in [0.29, 0.717) is 24.1 Å². The second kappa shape index (κ2) is 4.04. The Kier molecular flexibility index (Phi) is 3.17. The van der Waals surface area contributed by atoms with Crippen molar-refractivity contribution in [3.63, 3.8) is 0 Å². The highest BCUT2D eigenvalue weighted by atomic mass is 16.5. The van der Waals surface area contributed by atoms with Gasteiger partial charge in [0.25, 0.3) is 0 Å². The summed E-state index contributed by atoms with van der Waals surface area (Å²) in [6.07, 6.45) is 0. The van der Waals surface area contributed by atoms with E-state index in [1.807, 2.05) is 34.6 Å². The molecule has 0 radical (unpaired) electrons. The number of anilines is 1. The molecule has 0 aliphatic carbocycles. The Bertz CT molecular complexity index is 356. The topological polar surface area (TPSA) is 61.0 Å². The summed E-state index contributed by atoms with van der Waals surface area (Å²) in [4.78, 5) is 8.65. The van der Waals surface area contributed by atoms with E-state index in [1.54, 1.807) is 0 Å². The van der Waals surface area contributed by atoms with Crippen LogP contribution in [0.5, 0.6) is 5.88 Å². The highest BCUT2D eigenvalue weighted by Crippen LogP contribution is 2.25. The molecular formula is C11H19N3O. The Morgan fingerprint density at radius 1 is 1.27 bits per heavy atom. The molecule has 1 heterocycles. The summed E-state index contributed by atoms with van der Waals surface area (Å²) in [5.41, 5.74) is 6.51. The van der Waals surface area contributed by atoms with Gasteiger partial charge in [0.15, 0.2) is 0 Å². The zero-order valence-electron chi connectivity index (χ0n) is 10.1. The monoisotopic (exact) mass is 209 g/mol. The van der Waals surface area contributed by atoms with Crippen molar-refractivity contribution in [1.29, 1.82) is 0 Å². The second-order valence-corrected chi connectivity index (χ2v) is 4.55. The van der Waals surface area contributed by atoms with Gasteiger partial charge in [-0.25, -0.2) is 4.98 Å². The second-order valence-electron chi connectivity index (χ2n) is 4.55. The molecule has 0 aliphatic rings. The van der Waals surface area contributed by atoms with E-state index in [0.717, 1.165) is 5.56 Å². The fourth-order valence-corrected chi connectivity index (χ4v) is 1.13. The quantitative estimate of drug-likeness (QED) is 0.810. The molecule has 84 valence electrons. The van der Waals surface area contributed by atoms with Crippen LogP contribution in [0.3, 0.4) is 0 Å². The van der Waals surface area contributed by atoms with E-state index in [1.165, 1.54) is 0 Å². The molecule has 0 unspecified atom stereocenters. The number of ether oxygens (including phenoxy) is 1. The summed E-state index contributed by atoms with van der Waals surface area (Å²) >= 11 is 0. The molecule has 1 rings (SSSR count). The zero-order chi connectivity index (χ0) is 11.6. The Balaban J connectivity index is 3.23. The van der Waals surface area contributed by atoms with E-state index in [4.69, 9.17) is 10.5 Å². The summed E-state index contributed by atoms with van der Waals surface area (Å²) in [5, 5.41) is 0. The summed E-state index contributed by atoms with van der Waals surface area (Å²) in [6.45, 7) is 10.5. The fourth-order valence-electron chi connectivity index (χ4n) is 1.13. The van der Waals surface area contributed by atoms with Gasteiger partial charge in [-0.3, -0.25) is 0 Å². The summed E-state index contributed by atoms with van der Waals surface area (Å²) in [7, 11) is 0. The van der Waals surface area contributed by atoms with Gasteiger partial charge in [-0.15, -0.1) is 0 Å². The summed E-state index contributed by atoms with van der Waals surface area (Å²) in [6, 6.07) is 0. The van der Waals surface area contributed by atoms with Crippen molar-refractivity contribution < 1.29 is 4.74 Å². The largest absolute Gasteiger partial charge is 0.478 e. The maximum atomic E-state index is 5.82. The van der Waals surface area contributed by atoms with Gasteiger partial charge in [-0.05, 0) is 13.8 Å². The molecule has 0 amide bonds. The van der Waals surface area contributed by atoms with Crippen LogP contribution in [0.15, 0.2) is 0 Å². The third-order valence-electron chi connectivity index (χ3n) is 2.09. The van der Waals surface area contributed by atoms with Crippen LogP contribution in [0.25, 0.3) is 0 Å². The van der Waals surface area contributed by atoms with Crippen molar-refractivity contribution in [2.45, 2.75) is 40.0 Å². The number of rotatable bonds is 2. The minimum absolute atomic E-state index is 0.117. The van der Waals surface area contributed by atoms with E-state index < -0.39 is 0 Å². The third-order valence-corrected chi connectivity index (χ3v) is 2.09. The average molecular weight is 209 g/mol. The van der Waals surface area contributed by atoms with Crippen LogP contribution in [0.4, 0.5) is 5.82 Å². The Morgan fingerprint density at radius 2 is 1.87 bits per heavy atom. The number of nitrogens with zero attached hydrogens (tertiary/aromatic N) is 2. The maximum Gasteiger partial charge on any atom is 0.221 e. The van der Waals surface area contributed by atoms with Crippen molar-refractivity contribution in [1.82, 2.24) is 9.97 Å². The Labute approximate surface area is 90.9 Å². The molecule has 0 atom stereocenters. The van der Waals surface area contributed by atoms with Gasteiger partial charge in [0.05, 0.1) is 12.2 Å². The third kappa shape index (κ3) is 2.58. The van der Waals surface area contributed by atoms with Gasteiger partial charge in [0.1, 0.15) is 11.6 Å². The standard InChI is InChI=1S/C11H19N3O/c1-6-15-9-7(2)8(12)13-10(14-9)11(3,4)5/h6H2,1-5H3,(H2,12,13,14). The molecule has 15 heavy (non-hydrogen) atoms. The van der Waals surface area contributed by atoms with Gasteiger partial charge in [-0.1, -0.05) is 20.8 Å². The number of nitrogens with two attached hydrogens (primary N) is 1. The first-order valence-electron chi connectivity index (χ1n) is 5.13. The lowest BCUT2D eigenvalue weighted by molar-refractivity contribution is 0.320. The average Bonchev–Trinajstić information content (AvgIpc) is 2.11. The predicted molar refractivity (Wildman–Crippen MR) is 61.1 cm³/mol. The molecular weight excluding hydrogens is 190 g/mol. The molecule has 0 bridgehead atoms. The lowest BCUT2D eigenvalue weighted by Gasteiger charge is -2.19. The van der Waals surface area contributed by atoms with E-state index >= 15 is 0 Å².